The van der Waals surface area contributed by atoms with Gasteiger partial charge in [-0.3, -0.25) is 4.79 Å². The monoisotopic (exact) mass is 552 g/mol. The molecule has 0 unspecified atom stereocenters. The van der Waals surface area contributed by atoms with Crippen molar-refractivity contribution in [1.29, 1.82) is 0 Å². The Balaban J connectivity index is 1.66. The van der Waals surface area contributed by atoms with Gasteiger partial charge >= 0.3 is 0 Å². The van der Waals surface area contributed by atoms with Crippen LogP contribution >= 0.6 is 34.5 Å². The van der Waals surface area contributed by atoms with Gasteiger partial charge in [0.25, 0.3) is 5.91 Å². The molecule has 0 aliphatic rings. The zero-order valence-electron chi connectivity index (χ0n) is 19.8. The van der Waals surface area contributed by atoms with Crippen molar-refractivity contribution in [1.82, 2.24) is 10.4 Å². The van der Waals surface area contributed by atoms with E-state index in [0.29, 0.717) is 37.9 Å². The second kappa shape index (κ2) is 11.9. The van der Waals surface area contributed by atoms with Crippen molar-refractivity contribution in [3.8, 4) is 11.5 Å². The fraction of sp³-hybridized carbons (Fsp3) is 0.0741. The standard InChI is InChI=1S/C27H22Cl2N4O3S/c1-16-25(37-27(30-16)31-19-10-11-20(28)21(29)15-19)22(32-33-26(35)18-6-4-3-5-7-18)12-8-17-9-13-23(34)24(14-17)36-2/h3-15,34H,1-2H3,(H,30,31)(H,33,35)/b12-8-,32-22-. The summed E-state index contributed by atoms with van der Waals surface area (Å²) in [5.41, 5.74) is 5.83. The second-order valence-electron chi connectivity index (χ2n) is 7.76. The van der Waals surface area contributed by atoms with Gasteiger partial charge in [-0.15, -0.1) is 0 Å². The Hall–Kier alpha value is -3.85. The average molecular weight is 553 g/mol. The van der Waals surface area contributed by atoms with E-state index in [1.54, 1.807) is 72.8 Å². The first-order valence-electron chi connectivity index (χ1n) is 11.0. The Morgan fingerprint density at radius 1 is 1.08 bits per heavy atom. The third kappa shape index (κ3) is 6.68. The van der Waals surface area contributed by atoms with Crippen LogP contribution in [0.1, 0.15) is 26.5 Å². The van der Waals surface area contributed by atoms with E-state index in [9.17, 15) is 9.90 Å². The first-order valence-corrected chi connectivity index (χ1v) is 12.6. The minimum atomic E-state index is -0.339. The number of rotatable bonds is 8. The number of hydrazone groups is 1. The van der Waals surface area contributed by atoms with Crippen molar-refractivity contribution >= 4 is 63.1 Å². The highest BCUT2D eigenvalue weighted by Crippen LogP contribution is 2.31. The van der Waals surface area contributed by atoms with Gasteiger partial charge in [0.1, 0.15) is 5.71 Å². The summed E-state index contributed by atoms with van der Waals surface area (Å²) in [6.07, 6.45) is 3.57. The molecule has 3 aromatic carbocycles. The van der Waals surface area contributed by atoms with Crippen LogP contribution < -0.4 is 15.5 Å². The highest BCUT2D eigenvalue weighted by Gasteiger charge is 2.14. The molecule has 0 atom stereocenters. The number of ether oxygens (including phenoxy) is 1. The van der Waals surface area contributed by atoms with Crippen molar-refractivity contribution in [3.05, 3.63) is 105 Å². The first kappa shape index (κ1) is 26.2. The molecule has 0 aliphatic heterocycles. The number of anilines is 2. The van der Waals surface area contributed by atoms with Crippen molar-refractivity contribution in [3.63, 3.8) is 0 Å². The average Bonchev–Trinajstić information content (AvgIpc) is 3.26. The Bertz CT molecular complexity index is 1490. The molecule has 7 nitrogen and oxygen atoms in total. The molecule has 0 fully saturated rings. The number of hydrogen-bond donors (Lipinski definition) is 3. The smallest absolute Gasteiger partial charge is 0.271 e. The number of nitrogens with one attached hydrogen (secondary N) is 2. The lowest BCUT2D eigenvalue weighted by atomic mass is 10.1. The van der Waals surface area contributed by atoms with Crippen molar-refractivity contribution in [2.24, 2.45) is 5.10 Å². The van der Waals surface area contributed by atoms with Crippen LogP contribution in [0.5, 0.6) is 11.5 Å². The van der Waals surface area contributed by atoms with Gasteiger partial charge < -0.3 is 15.2 Å². The van der Waals surface area contributed by atoms with Gasteiger partial charge in [0.05, 0.1) is 27.7 Å². The minimum Gasteiger partial charge on any atom is -0.504 e. The zero-order chi connectivity index (χ0) is 26.4. The van der Waals surface area contributed by atoms with Crippen LogP contribution in [0.2, 0.25) is 10.0 Å². The van der Waals surface area contributed by atoms with E-state index in [0.717, 1.165) is 16.1 Å². The number of aromatic hydroxyl groups is 1. The summed E-state index contributed by atoms with van der Waals surface area (Å²) in [5, 5.41) is 19.0. The van der Waals surface area contributed by atoms with Gasteiger partial charge in [0.2, 0.25) is 0 Å². The molecule has 1 aromatic heterocycles. The Morgan fingerprint density at radius 3 is 2.59 bits per heavy atom. The van der Waals surface area contributed by atoms with Crippen LogP contribution in [-0.4, -0.2) is 28.8 Å². The van der Waals surface area contributed by atoms with Crippen LogP contribution in [0.15, 0.2) is 77.9 Å². The summed E-state index contributed by atoms with van der Waals surface area (Å²) >= 11 is 13.5. The molecule has 4 rings (SSSR count). The predicted octanol–water partition coefficient (Wildman–Crippen LogP) is 7.06. The molecule has 0 bridgehead atoms. The lowest BCUT2D eigenvalue weighted by Crippen LogP contribution is -2.19. The lowest BCUT2D eigenvalue weighted by molar-refractivity contribution is 0.0955. The molecule has 0 saturated heterocycles. The molecule has 1 heterocycles. The maximum Gasteiger partial charge on any atom is 0.271 e. The number of benzene rings is 3. The molecule has 0 spiro atoms. The Labute approximate surface area is 228 Å². The minimum absolute atomic E-state index is 0.0417. The maximum atomic E-state index is 12.6. The summed E-state index contributed by atoms with van der Waals surface area (Å²) in [6.45, 7) is 1.86. The SMILES string of the molecule is COc1cc(/C=C\C(=N\NC(=O)c2ccccc2)c2sc(Nc3ccc(Cl)c(Cl)c3)nc2C)ccc1O. The molecule has 4 aromatic rings. The largest absolute Gasteiger partial charge is 0.504 e. The number of halogens is 2. The van der Waals surface area contributed by atoms with Crippen LogP contribution in [0, 0.1) is 6.92 Å². The number of carbonyl (C=O) groups is 1. The Morgan fingerprint density at radius 2 is 1.86 bits per heavy atom. The van der Waals surface area contributed by atoms with Gasteiger partial charge in [-0.2, -0.15) is 5.10 Å². The van der Waals surface area contributed by atoms with Crippen LogP contribution in [0.25, 0.3) is 6.08 Å². The number of phenolic OH excluding ortho intramolecular Hbond substituents is 1. The summed E-state index contributed by atoms with van der Waals surface area (Å²) in [7, 11) is 1.48. The van der Waals surface area contributed by atoms with Crippen molar-refractivity contribution in [2.45, 2.75) is 6.92 Å². The molecular weight excluding hydrogens is 531 g/mol. The molecule has 0 saturated carbocycles. The molecule has 0 aliphatic carbocycles. The van der Waals surface area contributed by atoms with Crippen LogP contribution in [0.4, 0.5) is 10.8 Å². The molecule has 3 N–H and O–H groups in total. The number of allylic oxidation sites excluding steroid dienone is 1. The number of thiazole rings is 1. The van der Waals surface area contributed by atoms with Crippen molar-refractivity contribution < 1.29 is 14.6 Å². The number of nitrogens with zero attached hydrogens (tertiary/aromatic N) is 2. The third-order valence-electron chi connectivity index (χ3n) is 5.15. The number of methoxy groups -OCH3 is 1. The Kier molecular flexibility index (Phi) is 8.45. The number of carbonyl (C=O) groups excluding carboxylic acids is 1. The van der Waals surface area contributed by atoms with E-state index in [-0.39, 0.29) is 11.7 Å². The summed E-state index contributed by atoms with van der Waals surface area (Å²) in [5.74, 6) is 0.0502. The predicted molar refractivity (Wildman–Crippen MR) is 151 cm³/mol. The van der Waals surface area contributed by atoms with Gasteiger partial charge in [-0.25, -0.2) is 10.4 Å². The van der Waals surface area contributed by atoms with Gasteiger partial charge in [-0.1, -0.05) is 64.9 Å². The van der Waals surface area contributed by atoms with E-state index in [1.165, 1.54) is 18.4 Å². The summed E-state index contributed by atoms with van der Waals surface area (Å²) < 4.78 is 5.19. The number of amides is 1. The van der Waals surface area contributed by atoms with Crippen LogP contribution in [0.3, 0.4) is 0 Å². The molecule has 0 radical (unpaired) electrons. The summed E-state index contributed by atoms with van der Waals surface area (Å²) in [6, 6.07) is 19.0. The van der Waals surface area contributed by atoms with Gasteiger partial charge in [0, 0.05) is 11.3 Å². The fourth-order valence-corrected chi connectivity index (χ4v) is 4.54. The third-order valence-corrected chi connectivity index (χ3v) is 6.99. The topological polar surface area (TPSA) is 95.8 Å². The van der Waals surface area contributed by atoms with Gasteiger partial charge in [-0.05, 0) is 61.0 Å². The highest BCUT2D eigenvalue weighted by molar-refractivity contribution is 7.17. The van der Waals surface area contributed by atoms with E-state index < -0.39 is 0 Å². The molecule has 10 heteroatoms. The fourth-order valence-electron chi connectivity index (χ4n) is 3.29. The maximum absolute atomic E-state index is 12.6. The number of aromatic nitrogens is 1. The zero-order valence-corrected chi connectivity index (χ0v) is 22.2. The highest BCUT2D eigenvalue weighted by atomic mass is 35.5. The van der Waals surface area contributed by atoms with E-state index >= 15 is 0 Å². The normalized spacial score (nSPS) is 11.5. The molecule has 188 valence electrons. The van der Waals surface area contributed by atoms with E-state index in [4.69, 9.17) is 27.9 Å². The molecular formula is C27H22Cl2N4O3S. The molecule has 37 heavy (non-hydrogen) atoms. The molecule has 1 amide bonds. The number of phenols is 1. The quantitative estimate of drug-likeness (QED) is 0.160. The second-order valence-corrected chi connectivity index (χ2v) is 9.57. The van der Waals surface area contributed by atoms with E-state index in [1.807, 2.05) is 13.0 Å². The van der Waals surface area contributed by atoms with Crippen molar-refractivity contribution in [2.75, 3.05) is 12.4 Å². The van der Waals surface area contributed by atoms with Gasteiger partial charge in [0.15, 0.2) is 16.6 Å². The number of aryl methyl sites for hydroxylation is 1. The summed E-state index contributed by atoms with van der Waals surface area (Å²) in [4.78, 5) is 18.0. The van der Waals surface area contributed by atoms with E-state index in [2.05, 4.69) is 20.8 Å². The number of hydrogen-bond acceptors (Lipinski definition) is 7. The van der Waals surface area contributed by atoms with Crippen LogP contribution in [-0.2, 0) is 0 Å². The lowest BCUT2D eigenvalue weighted by Gasteiger charge is -2.05. The first-order chi connectivity index (χ1) is 17.8.